The van der Waals surface area contributed by atoms with E-state index in [0.29, 0.717) is 11.3 Å². The van der Waals surface area contributed by atoms with Gasteiger partial charge in [0, 0.05) is 30.7 Å². The smallest absolute Gasteiger partial charge is 0.419 e. The summed E-state index contributed by atoms with van der Waals surface area (Å²) < 4.78 is 77.7. The maximum atomic E-state index is 16.4. The molecular weight excluding hydrogens is 658 g/mol. The van der Waals surface area contributed by atoms with Crippen molar-refractivity contribution in [2.75, 3.05) is 31.2 Å². The lowest BCUT2D eigenvalue weighted by Gasteiger charge is -2.44. The van der Waals surface area contributed by atoms with Crippen molar-refractivity contribution in [1.29, 1.82) is 0 Å². The molecule has 0 radical (unpaired) electrons. The number of aromatic nitrogens is 3. The van der Waals surface area contributed by atoms with Crippen molar-refractivity contribution in [2.45, 2.75) is 78.2 Å². The zero-order chi connectivity index (χ0) is 36.3. The van der Waals surface area contributed by atoms with Crippen LogP contribution in [0.15, 0.2) is 47.3 Å². The molecule has 0 N–H and O–H groups in total. The van der Waals surface area contributed by atoms with E-state index in [1.807, 2.05) is 38.7 Å². The molecular formula is C36H39F4N5O5. The van der Waals surface area contributed by atoms with Crippen LogP contribution in [-0.4, -0.2) is 69.5 Å². The summed E-state index contributed by atoms with van der Waals surface area (Å²) in [4.78, 5) is 39.9. The highest BCUT2D eigenvalue weighted by Gasteiger charge is 2.38. The molecule has 1 amide bonds. The Morgan fingerprint density at radius 2 is 1.68 bits per heavy atom. The third kappa shape index (κ3) is 6.42. The SMILES string of the molecule is CC(C)c1cccc2c1-n1c(=O)nc(N3C[C@@H](C)N(C(=O)OC(C)(C)C)C[C@@H]3C)c3cc(F)c(nc31)-c1cccc(C(F)(F)F)c1OCCO2. The van der Waals surface area contributed by atoms with Crippen molar-refractivity contribution in [2.24, 2.45) is 0 Å². The average Bonchev–Trinajstić information content (AvgIpc) is 3.01. The Kier molecular flexibility index (Phi) is 8.94. The monoisotopic (exact) mass is 697 g/mol. The van der Waals surface area contributed by atoms with E-state index in [4.69, 9.17) is 14.2 Å². The molecule has 4 aromatic rings. The minimum atomic E-state index is -4.82. The first kappa shape index (κ1) is 35.0. The van der Waals surface area contributed by atoms with E-state index >= 15 is 4.39 Å². The number of amides is 1. The Morgan fingerprint density at radius 3 is 2.36 bits per heavy atom. The van der Waals surface area contributed by atoms with E-state index in [-0.39, 0.29) is 66.4 Å². The second kappa shape index (κ2) is 12.8. The molecule has 2 aromatic heterocycles. The van der Waals surface area contributed by atoms with Gasteiger partial charge in [-0.05, 0) is 70.4 Å². The van der Waals surface area contributed by atoms with Gasteiger partial charge in [0.2, 0.25) is 0 Å². The molecule has 2 aliphatic heterocycles. The Morgan fingerprint density at radius 1 is 0.980 bits per heavy atom. The minimum Gasteiger partial charge on any atom is -0.489 e. The molecule has 6 rings (SSSR count). The standard InChI is InChI=1S/C36H39F4N5O5/c1-19(2)22-10-9-13-27-29(22)45-32-24(31(42-33(45)46)43-17-21(4)44(18-20(43)3)34(47)50-35(5,6)7)16-26(37)28(41-32)23-11-8-12-25(36(38,39)40)30(23)49-15-14-48-27/h8-13,16,19-21H,14-15,17-18H2,1-7H3/t20-,21+/m0/s1. The Bertz CT molecular complexity index is 2020. The Balaban J connectivity index is 1.63. The lowest BCUT2D eigenvalue weighted by atomic mass is 10.00. The number of hydrogen-bond acceptors (Lipinski definition) is 8. The zero-order valence-corrected chi connectivity index (χ0v) is 28.9. The number of para-hydroxylation sites is 2. The third-order valence-electron chi connectivity index (χ3n) is 8.73. The minimum absolute atomic E-state index is 0.0345. The van der Waals surface area contributed by atoms with Crippen LogP contribution in [0.2, 0.25) is 0 Å². The van der Waals surface area contributed by atoms with Gasteiger partial charge in [0.05, 0.1) is 16.6 Å². The van der Waals surface area contributed by atoms with E-state index in [0.717, 1.165) is 18.2 Å². The fourth-order valence-corrected chi connectivity index (χ4v) is 6.47. The van der Waals surface area contributed by atoms with E-state index in [2.05, 4.69) is 9.97 Å². The van der Waals surface area contributed by atoms with Crippen molar-refractivity contribution in [3.05, 3.63) is 69.9 Å². The van der Waals surface area contributed by atoms with Crippen LogP contribution in [0.3, 0.4) is 0 Å². The zero-order valence-electron chi connectivity index (χ0n) is 28.9. The number of ether oxygens (including phenoxy) is 3. The fraction of sp³-hybridized carbons (Fsp3) is 0.444. The maximum Gasteiger partial charge on any atom is 0.419 e. The number of carbonyl (C=O) groups is 1. The van der Waals surface area contributed by atoms with Gasteiger partial charge in [0.1, 0.15) is 41.8 Å². The lowest BCUT2D eigenvalue weighted by Crippen LogP contribution is -2.59. The highest BCUT2D eigenvalue weighted by Crippen LogP contribution is 2.44. The Hall–Kier alpha value is -4.88. The molecule has 2 bridgehead atoms. The summed E-state index contributed by atoms with van der Waals surface area (Å²) in [6, 6.07) is 8.88. The highest BCUT2D eigenvalue weighted by molar-refractivity contribution is 5.91. The summed E-state index contributed by atoms with van der Waals surface area (Å²) in [7, 11) is 0. The first-order valence-electron chi connectivity index (χ1n) is 16.4. The van der Waals surface area contributed by atoms with Gasteiger partial charge in [-0.1, -0.05) is 32.0 Å². The molecule has 2 aliphatic rings. The first-order valence-corrected chi connectivity index (χ1v) is 16.4. The molecule has 10 nitrogen and oxygen atoms in total. The van der Waals surface area contributed by atoms with Gasteiger partial charge in [0.25, 0.3) is 0 Å². The molecule has 0 saturated carbocycles. The molecule has 1 fully saturated rings. The van der Waals surface area contributed by atoms with Crippen LogP contribution >= 0.6 is 0 Å². The number of anilines is 1. The molecule has 50 heavy (non-hydrogen) atoms. The normalized spacial score (nSPS) is 18.2. The van der Waals surface area contributed by atoms with Gasteiger partial charge in [-0.2, -0.15) is 18.2 Å². The third-order valence-corrected chi connectivity index (χ3v) is 8.73. The summed E-state index contributed by atoms with van der Waals surface area (Å²) in [5, 5.41) is 0.145. The van der Waals surface area contributed by atoms with Gasteiger partial charge in [0.15, 0.2) is 11.5 Å². The number of hydrogen-bond donors (Lipinski definition) is 0. The van der Waals surface area contributed by atoms with Gasteiger partial charge in [-0.3, -0.25) is 0 Å². The molecule has 0 spiro atoms. The van der Waals surface area contributed by atoms with Crippen LogP contribution in [0, 0.1) is 5.82 Å². The number of halogens is 4. The predicted octanol–water partition coefficient (Wildman–Crippen LogP) is 7.33. The summed E-state index contributed by atoms with van der Waals surface area (Å²) in [6.07, 6.45) is -5.30. The molecule has 2 atom stereocenters. The van der Waals surface area contributed by atoms with E-state index in [1.165, 1.54) is 10.6 Å². The molecule has 2 aromatic carbocycles. The van der Waals surface area contributed by atoms with Crippen LogP contribution < -0.4 is 20.1 Å². The van der Waals surface area contributed by atoms with Gasteiger partial charge in [-0.15, -0.1) is 0 Å². The van der Waals surface area contributed by atoms with Crippen LogP contribution in [0.25, 0.3) is 28.0 Å². The lowest BCUT2D eigenvalue weighted by molar-refractivity contribution is -0.139. The molecule has 4 heterocycles. The summed E-state index contributed by atoms with van der Waals surface area (Å²) in [5.41, 5.74) is -2.21. The second-order valence-electron chi connectivity index (χ2n) is 14.0. The number of benzene rings is 2. The average molecular weight is 698 g/mol. The number of nitrogens with zero attached hydrogens (tertiary/aromatic N) is 5. The van der Waals surface area contributed by atoms with Crippen LogP contribution in [0.5, 0.6) is 11.5 Å². The van der Waals surface area contributed by atoms with E-state index < -0.39 is 52.4 Å². The quantitative estimate of drug-likeness (QED) is 0.201. The van der Waals surface area contributed by atoms with Gasteiger partial charge < -0.3 is 24.0 Å². The second-order valence-corrected chi connectivity index (χ2v) is 14.0. The van der Waals surface area contributed by atoms with Gasteiger partial charge >= 0.3 is 18.0 Å². The number of pyridine rings is 1. The molecule has 14 heteroatoms. The number of alkyl halides is 3. The fourth-order valence-electron chi connectivity index (χ4n) is 6.47. The van der Waals surface area contributed by atoms with Gasteiger partial charge in [-0.25, -0.2) is 23.5 Å². The number of carbonyl (C=O) groups excluding carboxylic acids is 1. The predicted molar refractivity (Wildman–Crippen MR) is 180 cm³/mol. The Labute approximate surface area is 286 Å². The van der Waals surface area contributed by atoms with Crippen molar-refractivity contribution in [1.82, 2.24) is 19.4 Å². The number of rotatable bonds is 2. The topological polar surface area (TPSA) is 99.0 Å². The summed E-state index contributed by atoms with van der Waals surface area (Å²) in [6.45, 7) is 12.8. The largest absolute Gasteiger partial charge is 0.489 e. The van der Waals surface area contributed by atoms with Crippen molar-refractivity contribution >= 4 is 22.9 Å². The van der Waals surface area contributed by atoms with E-state index in [9.17, 15) is 22.8 Å². The first-order chi connectivity index (χ1) is 23.5. The highest BCUT2D eigenvalue weighted by atomic mass is 19.4. The molecule has 0 unspecified atom stereocenters. The van der Waals surface area contributed by atoms with Crippen molar-refractivity contribution < 1.29 is 36.6 Å². The van der Waals surface area contributed by atoms with E-state index in [1.54, 1.807) is 37.8 Å². The molecule has 0 aliphatic carbocycles. The van der Waals surface area contributed by atoms with Crippen LogP contribution in [0.1, 0.15) is 65.5 Å². The summed E-state index contributed by atoms with van der Waals surface area (Å²) >= 11 is 0. The molecule has 266 valence electrons. The number of piperazine rings is 1. The van der Waals surface area contributed by atoms with Crippen molar-refractivity contribution in [3.63, 3.8) is 0 Å². The van der Waals surface area contributed by atoms with Crippen LogP contribution in [-0.2, 0) is 10.9 Å². The van der Waals surface area contributed by atoms with Crippen molar-refractivity contribution in [3.8, 4) is 28.4 Å². The molecule has 1 saturated heterocycles. The number of fused-ring (bicyclic) bond motifs is 5. The maximum absolute atomic E-state index is 16.4. The summed E-state index contributed by atoms with van der Waals surface area (Å²) in [5.74, 6) is -1.28. The van der Waals surface area contributed by atoms with Crippen LogP contribution in [0.4, 0.5) is 28.2 Å².